The third-order valence-electron chi connectivity index (χ3n) is 10.8. The zero-order chi connectivity index (χ0) is 52.3. The van der Waals surface area contributed by atoms with Crippen molar-refractivity contribution < 1.29 is 94.8 Å². The number of β-lactam (4-membered cyclic amide) rings is 1. The minimum Gasteiger partial charge on any atom is -0.484 e. The molecule has 0 aliphatic carbocycles. The van der Waals surface area contributed by atoms with E-state index in [0.717, 1.165) is 29.0 Å². The lowest BCUT2D eigenvalue weighted by Gasteiger charge is -2.44. The van der Waals surface area contributed by atoms with Gasteiger partial charge in [-0.1, -0.05) is 43.8 Å². The predicted octanol–water partition coefficient (Wildman–Crippen LogP) is -0.709. The Labute approximate surface area is 412 Å². The number of fused-ring (bicyclic) bond motifs is 2. The number of imidazole rings is 1. The van der Waals surface area contributed by atoms with E-state index in [1.54, 1.807) is 30.3 Å². The Morgan fingerprint density at radius 3 is 2.38 bits per heavy atom. The van der Waals surface area contributed by atoms with Crippen LogP contribution in [0.3, 0.4) is 0 Å². The summed E-state index contributed by atoms with van der Waals surface area (Å²) < 4.78 is 67.3. The van der Waals surface area contributed by atoms with E-state index in [1.807, 2.05) is 13.8 Å². The van der Waals surface area contributed by atoms with Gasteiger partial charge in [-0.05, 0) is 26.0 Å². The van der Waals surface area contributed by atoms with E-state index >= 15 is 0 Å². The van der Waals surface area contributed by atoms with Gasteiger partial charge in [0.15, 0.2) is 24.3 Å². The van der Waals surface area contributed by atoms with Gasteiger partial charge in [-0.3, -0.25) is 42.1 Å². The molecule has 0 bridgehead atoms. The Morgan fingerprint density at radius 1 is 1.00 bits per heavy atom. The number of amides is 4. The largest absolute Gasteiger partial charge is 0.484 e. The molecule has 3 aliphatic rings. The lowest BCUT2D eigenvalue weighted by Crippen LogP contribution is -2.70. The van der Waals surface area contributed by atoms with E-state index < -0.39 is 119 Å². The van der Waals surface area contributed by atoms with Crippen LogP contribution in [0.1, 0.15) is 40.3 Å². The van der Waals surface area contributed by atoms with Crippen LogP contribution in [-0.4, -0.2) is 168 Å². The van der Waals surface area contributed by atoms with Gasteiger partial charge in [0.05, 0.1) is 19.5 Å². The molecule has 1 aromatic carbocycles. The van der Waals surface area contributed by atoms with Crippen molar-refractivity contribution >= 4 is 92.7 Å². The highest BCUT2D eigenvalue weighted by Gasteiger charge is 2.64. The maximum Gasteiger partial charge on any atom is 0.481 e. The number of aliphatic hydroxyl groups is 2. The number of carbonyl (C=O) groups is 5. The number of nitrogens with two attached hydrogens (primary N) is 1. The second kappa shape index (κ2) is 22.6. The number of benzene rings is 1. The summed E-state index contributed by atoms with van der Waals surface area (Å²) in [6.07, 6.45) is -7.18. The van der Waals surface area contributed by atoms with Crippen molar-refractivity contribution in [3.05, 3.63) is 43.0 Å². The molecule has 3 saturated heterocycles. The quantitative estimate of drug-likeness (QED) is 0.0301. The minimum atomic E-state index is -5.62. The van der Waals surface area contributed by atoms with Crippen molar-refractivity contribution in [2.75, 3.05) is 44.4 Å². The Morgan fingerprint density at radius 2 is 1.69 bits per heavy atom. The van der Waals surface area contributed by atoms with Crippen molar-refractivity contribution in [1.29, 1.82) is 0 Å². The summed E-state index contributed by atoms with van der Waals surface area (Å²) in [4.78, 5) is 117. The fourth-order valence-corrected chi connectivity index (χ4v) is 12.9. The molecule has 0 radical (unpaired) electrons. The first-order chi connectivity index (χ1) is 33.1. The number of carbonyl (C=O) groups excluding carboxylic acids is 5. The highest BCUT2D eigenvalue weighted by Crippen LogP contribution is 2.61. The second-order valence-electron chi connectivity index (χ2n) is 17.1. The van der Waals surface area contributed by atoms with Gasteiger partial charge in [0, 0.05) is 35.4 Å². The Hall–Kier alpha value is -4.13. The molecule has 7 unspecified atom stereocenters. The molecule has 5 heterocycles. The third kappa shape index (κ3) is 14.1. The van der Waals surface area contributed by atoms with E-state index in [1.165, 1.54) is 30.5 Å². The standard InChI is InChI=1S/C37H52N9O20P3S2/c1-36(2,16-63-69(59,60)66-68(57,58)62-14-20-26(65-67(54,55)56)25(49)33(64-20)45-18-43-23-29(38)41-17-42-30(23)45)28(50)31(51)40-11-10-21(47)39-12-13-70-35(53)27-37(3,4)71-34-24(32(52)46(27)34)44-22(48)15-61-19-8-6-5-7-9-19/h5-9,17-18,20,24-28,33-34,49-50H,10-16H2,1-4H3,(H,39,47)(H,40,51)(H,44,48)(H,57,58)(H,59,60)(H2,38,41,42)(H2,54,55,56)/t20?,24-,25?,26?,27+,28?,33?,34-/m1/s1. The van der Waals surface area contributed by atoms with E-state index in [4.69, 9.17) is 24.3 Å². The SMILES string of the molecule is CC(C)(COP(=O)(O)OP(=O)(O)OCC1OC(n2cnc3c(N)ncnc32)C(O)C1OP(=O)(O)O)C(O)C(=O)NCCC(=O)NCCSC(=O)[C@@H]1N2C(=O)[C@@H](NC(=O)COc3ccccc3)[C@H]2SC1(C)C. The van der Waals surface area contributed by atoms with Crippen molar-refractivity contribution in [1.82, 2.24) is 40.4 Å². The van der Waals surface area contributed by atoms with Crippen LogP contribution in [0.2, 0.25) is 0 Å². The number of thioether (sulfide) groups is 2. The smallest absolute Gasteiger partial charge is 0.481 e. The number of ether oxygens (including phenoxy) is 2. The highest BCUT2D eigenvalue weighted by molar-refractivity contribution is 8.14. The summed E-state index contributed by atoms with van der Waals surface area (Å²) in [5.41, 5.74) is 4.19. The van der Waals surface area contributed by atoms with Gasteiger partial charge in [0.2, 0.25) is 22.8 Å². The average Bonchev–Trinajstić information content (AvgIpc) is 3.93. The third-order valence-corrected chi connectivity index (χ3v) is 16.4. The zero-order valence-electron chi connectivity index (χ0n) is 38.0. The fourth-order valence-electron chi connectivity index (χ4n) is 7.37. The van der Waals surface area contributed by atoms with Crippen LogP contribution in [0.15, 0.2) is 43.0 Å². The molecule has 6 rings (SSSR count). The number of nitrogens with zero attached hydrogens (tertiary/aromatic N) is 5. The summed E-state index contributed by atoms with van der Waals surface area (Å²) in [7, 11) is -16.5. The lowest BCUT2D eigenvalue weighted by molar-refractivity contribution is -0.153. The molecule has 4 amide bonds. The maximum absolute atomic E-state index is 13.3. The average molecular weight is 1100 g/mol. The number of aromatic nitrogens is 4. The highest BCUT2D eigenvalue weighted by atomic mass is 32.2. The first kappa shape index (κ1) is 56.2. The summed E-state index contributed by atoms with van der Waals surface area (Å²) >= 11 is 2.31. The maximum atomic E-state index is 13.3. The van der Waals surface area contributed by atoms with Crippen molar-refractivity contribution in [2.24, 2.45) is 5.41 Å². The van der Waals surface area contributed by atoms with E-state index in [-0.39, 0.29) is 54.0 Å². The first-order valence-electron chi connectivity index (χ1n) is 21.1. The number of para-hydroxylation sites is 1. The van der Waals surface area contributed by atoms with Gasteiger partial charge in [-0.2, -0.15) is 4.31 Å². The topological polar surface area (TPSA) is 422 Å². The number of phosphoric acid groups is 3. The molecule has 3 fully saturated rings. The molecule has 0 saturated carbocycles. The van der Waals surface area contributed by atoms with Crippen LogP contribution in [0, 0.1) is 5.41 Å². The number of aliphatic hydroxyl groups excluding tert-OH is 2. The number of anilines is 1. The second-order valence-corrected chi connectivity index (χ2v) is 24.2. The molecule has 392 valence electrons. The van der Waals surface area contributed by atoms with Crippen LogP contribution in [0.5, 0.6) is 5.75 Å². The molecule has 3 aliphatic heterocycles. The molecule has 29 nitrogen and oxygen atoms in total. The molecule has 71 heavy (non-hydrogen) atoms. The van der Waals surface area contributed by atoms with Crippen molar-refractivity contribution in [2.45, 2.75) is 87.0 Å². The number of phosphoric ester groups is 3. The van der Waals surface area contributed by atoms with Gasteiger partial charge in [-0.25, -0.2) is 28.6 Å². The van der Waals surface area contributed by atoms with Gasteiger partial charge in [-0.15, -0.1) is 11.8 Å². The van der Waals surface area contributed by atoms with Crippen LogP contribution in [0.4, 0.5) is 5.82 Å². The number of hydrogen-bond acceptors (Lipinski definition) is 22. The van der Waals surface area contributed by atoms with E-state index in [9.17, 15) is 67.5 Å². The number of rotatable bonds is 24. The van der Waals surface area contributed by atoms with Gasteiger partial charge >= 0.3 is 23.5 Å². The zero-order valence-corrected chi connectivity index (χ0v) is 42.3. The molecule has 0 spiro atoms. The Bertz CT molecular complexity index is 2610. The van der Waals surface area contributed by atoms with Crippen molar-refractivity contribution in [3.8, 4) is 5.75 Å². The molecule has 3 aromatic rings. The van der Waals surface area contributed by atoms with Crippen LogP contribution in [0.25, 0.3) is 11.2 Å². The van der Waals surface area contributed by atoms with E-state index in [0.29, 0.717) is 5.75 Å². The van der Waals surface area contributed by atoms with Crippen LogP contribution >= 0.6 is 47.0 Å². The monoisotopic (exact) mass is 1100 g/mol. The normalized spacial score (nSPS) is 25.1. The summed E-state index contributed by atoms with van der Waals surface area (Å²) in [5.74, 6) is -1.85. The Kier molecular flexibility index (Phi) is 17.8. The molecule has 10 atom stereocenters. The van der Waals surface area contributed by atoms with Crippen LogP contribution in [-0.2, 0) is 60.3 Å². The van der Waals surface area contributed by atoms with Gasteiger partial charge in [0.1, 0.15) is 59.5 Å². The van der Waals surface area contributed by atoms with Crippen molar-refractivity contribution in [3.63, 3.8) is 0 Å². The predicted molar refractivity (Wildman–Crippen MR) is 247 cm³/mol. The molecular formula is C37H52N9O20P3S2. The van der Waals surface area contributed by atoms with Crippen LogP contribution < -0.4 is 26.4 Å². The molecular weight excluding hydrogens is 1050 g/mol. The number of nitrogens with one attached hydrogen (secondary N) is 3. The minimum absolute atomic E-state index is 0.0156. The summed E-state index contributed by atoms with van der Waals surface area (Å²) in [5, 5.41) is 28.5. The molecule has 2 aromatic heterocycles. The summed E-state index contributed by atoms with van der Waals surface area (Å²) in [6, 6.07) is 7.08. The first-order valence-corrected chi connectivity index (χ1v) is 27.5. The molecule has 34 heteroatoms. The number of nitrogen functional groups attached to an aromatic ring is 1. The summed E-state index contributed by atoms with van der Waals surface area (Å²) in [6.45, 7) is 3.49. The van der Waals surface area contributed by atoms with E-state index in [2.05, 4.69) is 39.7 Å². The molecule has 11 N–H and O–H groups in total. The fraction of sp³-hybridized carbons (Fsp3) is 0.568. The lowest BCUT2D eigenvalue weighted by atomic mass is 9.87. The Balaban J connectivity index is 0.887. The number of hydrogen-bond donors (Lipinski definition) is 10. The van der Waals surface area contributed by atoms with Gasteiger partial charge < -0.3 is 65.8 Å². The van der Waals surface area contributed by atoms with Gasteiger partial charge in [0.25, 0.3) is 5.91 Å².